The highest BCUT2D eigenvalue weighted by Gasteiger charge is 2.16. The Kier molecular flexibility index (Phi) is 4.28. The highest BCUT2D eigenvalue weighted by molar-refractivity contribution is 9.08. The van der Waals surface area contributed by atoms with Crippen molar-refractivity contribution in [3.05, 3.63) is 29.8 Å². The fraction of sp³-hybridized carbons (Fsp3) is 0.571. The average molecular weight is 282 g/mol. The molecule has 88 valence electrons. The van der Waals surface area contributed by atoms with E-state index in [0.717, 1.165) is 5.33 Å². The highest BCUT2D eigenvalue weighted by Crippen LogP contribution is 2.24. The molecule has 1 nitrogen and oxygen atoms in total. The predicted molar refractivity (Wildman–Crippen MR) is 74.3 cm³/mol. The Bertz CT molecular complexity index is 320. The van der Waals surface area contributed by atoms with E-state index in [1.165, 1.54) is 43.5 Å². The van der Waals surface area contributed by atoms with Gasteiger partial charge in [-0.3, -0.25) is 0 Å². The molecule has 1 saturated heterocycles. The first-order valence-electron chi connectivity index (χ1n) is 6.23. The van der Waals surface area contributed by atoms with Crippen molar-refractivity contribution in [2.45, 2.75) is 44.0 Å². The van der Waals surface area contributed by atoms with E-state index >= 15 is 0 Å². The monoisotopic (exact) mass is 281 g/mol. The quantitative estimate of drug-likeness (QED) is 0.729. The molecule has 1 fully saturated rings. The van der Waals surface area contributed by atoms with Crippen molar-refractivity contribution in [1.82, 2.24) is 0 Å². The first-order valence-corrected chi connectivity index (χ1v) is 7.35. The van der Waals surface area contributed by atoms with Crippen LogP contribution in [0.1, 0.15) is 38.2 Å². The van der Waals surface area contributed by atoms with Gasteiger partial charge < -0.3 is 4.90 Å². The number of alkyl halides is 1. The molecule has 1 unspecified atom stereocenters. The summed E-state index contributed by atoms with van der Waals surface area (Å²) in [6, 6.07) is 9.66. The molecule has 0 radical (unpaired) electrons. The molecule has 0 aliphatic carbocycles. The van der Waals surface area contributed by atoms with Crippen LogP contribution in [-0.2, 0) is 5.33 Å². The van der Waals surface area contributed by atoms with E-state index in [9.17, 15) is 0 Å². The van der Waals surface area contributed by atoms with Crippen molar-refractivity contribution in [2.24, 2.45) is 0 Å². The van der Waals surface area contributed by atoms with Gasteiger partial charge in [0.15, 0.2) is 0 Å². The van der Waals surface area contributed by atoms with Gasteiger partial charge in [-0.1, -0.05) is 40.9 Å². The number of halogens is 1. The summed E-state index contributed by atoms with van der Waals surface area (Å²) in [5.74, 6) is 0. The average Bonchev–Trinajstić information content (AvgIpc) is 2.54. The van der Waals surface area contributed by atoms with Crippen LogP contribution in [0.15, 0.2) is 24.3 Å². The van der Waals surface area contributed by atoms with E-state index in [1.54, 1.807) is 0 Å². The maximum Gasteiger partial charge on any atom is 0.0368 e. The Morgan fingerprint density at radius 3 is 2.62 bits per heavy atom. The van der Waals surface area contributed by atoms with Crippen LogP contribution in [0.5, 0.6) is 0 Å². The number of hydrogen-bond donors (Lipinski definition) is 0. The topological polar surface area (TPSA) is 3.24 Å². The van der Waals surface area contributed by atoms with Crippen molar-refractivity contribution in [3.63, 3.8) is 0 Å². The smallest absolute Gasteiger partial charge is 0.0368 e. The van der Waals surface area contributed by atoms with Crippen LogP contribution >= 0.6 is 15.9 Å². The van der Waals surface area contributed by atoms with Gasteiger partial charge in [-0.25, -0.2) is 0 Å². The lowest BCUT2D eigenvalue weighted by Gasteiger charge is -2.29. The minimum absolute atomic E-state index is 0.692. The van der Waals surface area contributed by atoms with Crippen molar-refractivity contribution in [1.29, 1.82) is 0 Å². The maximum absolute atomic E-state index is 3.49. The van der Waals surface area contributed by atoms with Crippen LogP contribution in [0.25, 0.3) is 0 Å². The Morgan fingerprint density at radius 2 is 1.94 bits per heavy atom. The molecule has 0 aromatic heterocycles. The van der Waals surface area contributed by atoms with E-state index in [2.05, 4.69) is 52.0 Å². The van der Waals surface area contributed by atoms with Crippen molar-refractivity contribution < 1.29 is 0 Å². The standard InChI is InChI=1S/C14H20BrN/c1-12-5-3-2-4-10-16(12)14-8-6-13(11-15)7-9-14/h6-9,12H,2-5,10-11H2,1H3. The molecule has 1 heterocycles. The van der Waals surface area contributed by atoms with Gasteiger partial charge in [-0.2, -0.15) is 0 Å². The molecule has 0 saturated carbocycles. The molecule has 1 atom stereocenters. The third kappa shape index (κ3) is 2.79. The van der Waals surface area contributed by atoms with Crippen LogP contribution in [0.3, 0.4) is 0 Å². The van der Waals surface area contributed by atoms with Crippen LogP contribution in [0, 0.1) is 0 Å². The minimum atomic E-state index is 0.692. The Hall–Kier alpha value is -0.500. The van der Waals surface area contributed by atoms with Gasteiger partial charge in [0.1, 0.15) is 0 Å². The first-order chi connectivity index (χ1) is 7.81. The van der Waals surface area contributed by atoms with Gasteiger partial charge in [0.05, 0.1) is 0 Å². The largest absolute Gasteiger partial charge is 0.369 e. The van der Waals surface area contributed by atoms with Gasteiger partial charge in [0.2, 0.25) is 0 Å². The van der Waals surface area contributed by atoms with Gasteiger partial charge in [-0.15, -0.1) is 0 Å². The molecular weight excluding hydrogens is 262 g/mol. The van der Waals surface area contributed by atoms with E-state index in [4.69, 9.17) is 0 Å². The molecule has 1 aliphatic heterocycles. The molecule has 0 N–H and O–H groups in total. The molecule has 0 spiro atoms. The molecule has 2 heteroatoms. The van der Waals surface area contributed by atoms with Crippen molar-refractivity contribution in [3.8, 4) is 0 Å². The molecule has 16 heavy (non-hydrogen) atoms. The summed E-state index contributed by atoms with van der Waals surface area (Å²) in [5, 5.41) is 0.947. The summed E-state index contributed by atoms with van der Waals surface area (Å²) < 4.78 is 0. The van der Waals surface area contributed by atoms with E-state index in [-0.39, 0.29) is 0 Å². The second-order valence-corrected chi connectivity index (χ2v) is 5.25. The van der Waals surface area contributed by atoms with E-state index in [0.29, 0.717) is 6.04 Å². The summed E-state index contributed by atoms with van der Waals surface area (Å²) in [7, 11) is 0. The number of hydrogen-bond acceptors (Lipinski definition) is 1. The lowest BCUT2D eigenvalue weighted by Crippen LogP contribution is -2.32. The molecule has 2 rings (SSSR count). The number of benzene rings is 1. The molecule has 0 bridgehead atoms. The van der Waals surface area contributed by atoms with Gasteiger partial charge in [0, 0.05) is 23.6 Å². The molecule has 1 aromatic rings. The lowest BCUT2D eigenvalue weighted by atomic mass is 10.1. The molecule has 1 aromatic carbocycles. The Balaban J connectivity index is 2.14. The Labute approximate surface area is 107 Å². The van der Waals surface area contributed by atoms with Crippen LogP contribution in [-0.4, -0.2) is 12.6 Å². The summed E-state index contributed by atoms with van der Waals surface area (Å²) in [6.45, 7) is 3.57. The van der Waals surface area contributed by atoms with Gasteiger partial charge in [-0.05, 0) is 37.5 Å². The zero-order valence-corrected chi connectivity index (χ0v) is 11.5. The van der Waals surface area contributed by atoms with Gasteiger partial charge in [0.25, 0.3) is 0 Å². The zero-order chi connectivity index (χ0) is 11.4. The van der Waals surface area contributed by atoms with E-state index in [1.807, 2.05) is 0 Å². The van der Waals surface area contributed by atoms with Crippen LogP contribution in [0.4, 0.5) is 5.69 Å². The van der Waals surface area contributed by atoms with Crippen LogP contribution < -0.4 is 4.90 Å². The third-order valence-corrected chi connectivity index (χ3v) is 4.12. The maximum atomic E-state index is 3.49. The summed E-state index contributed by atoms with van der Waals surface area (Å²) in [5.41, 5.74) is 2.74. The second-order valence-electron chi connectivity index (χ2n) is 4.69. The van der Waals surface area contributed by atoms with Crippen molar-refractivity contribution in [2.75, 3.05) is 11.4 Å². The Morgan fingerprint density at radius 1 is 1.19 bits per heavy atom. The fourth-order valence-electron chi connectivity index (χ4n) is 2.43. The van der Waals surface area contributed by atoms with Crippen LogP contribution in [0.2, 0.25) is 0 Å². The highest BCUT2D eigenvalue weighted by atomic mass is 79.9. The normalized spacial score (nSPS) is 21.9. The number of anilines is 1. The number of nitrogens with zero attached hydrogens (tertiary/aromatic N) is 1. The third-order valence-electron chi connectivity index (χ3n) is 3.48. The van der Waals surface area contributed by atoms with E-state index < -0.39 is 0 Å². The first kappa shape index (κ1) is 12.0. The summed E-state index contributed by atoms with van der Waals surface area (Å²) >= 11 is 3.49. The summed E-state index contributed by atoms with van der Waals surface area (Å²) in [4.78, 5) is 2.56. The lowest BCUT2D eigenvalue weighted by molar-refractivity contribution is 0.616. The second kappa shape index (κ2) is 5.72. The molecule has 1 aliphatic rings. The van der Waals surface area contributed by atoms with Gasteiger partial charge >= 0.3 is 0 Å². The summed E-state index contributed by atoms with van der Waals surface area (Å²) in [6.07, 6.45) is 5.45. The number of rotatable bonds is 2. The predicted octanol–water partition coefficient (Wildman–Crippen LogP) is 4.35. The van der Waals surface area contributed by atoms with Crippen molar-refractivity contribution >= 4 is 21.6 Å². The fourth-order valence-corrected chi connectivity index (χ4v) is 2.81. The minimum Gasteiger partial charge on any atom is -0.369 e. The zero-order valence-electron chi connectivity index (χ0n) is 9.95. The SMILES string of the molecule is CC1CCCCCN1c1ccc(CBr)cc1. The molecular formula is C14H20BrN. The molecule has 0 amide bonds.